The second-order valence-electron chi connectivity index (χ2n) is 3.07. The van der Waals surface area contributed by atoms with Gasteiger partial charge in [-0.15, -0.1) is 0 Å². The molecule has 0 bridgehead atoms. The zero-order valence-electron chi connectivity index (χ0n) is 8.30. The number of unbranched alkanes of at least 4 members (excludes halogenated alkanes) is 3. The number of rotatable bonds is 5. The van der Waals surface area contributed by atoms with Gasteiger partial charge in [-0.3, -0.25) is 4.79 Å². The smallest absolute Gasteiger partial charge is 0.281 e. The molecule has 0 spiro atoms. The van der Waals surface area contributed by atoms with Crippen LogP contribution in [0.5, 0.6) is 0 Å². The molecule has 0 saturated heterocycles. The van der Waals surface area contributed by atoms with E-state index in [2.05, 4.69) is 6.92 Å². The summed E-state index contributed by atoms with van der Waals surface area (Å²) in [5.41, 5.74) is 0. The molecule has 0 N–H and O–H groups in total. The van der Waals surface area contributed by atoms with Gasteiger partial charge in [0.1, 0.15) is 0 Å². The molecule has 0 aliphatic carbocycles. The largest absolute Gasteiger partial charge is 0.340 e. The number of thioether (sulfide) groups is 1. The van der Waals surface area contributed by atoms with Crippen molar-refractivity contribution in [2.45, 2.75) is 32.6 Å². The van der Waals surface area contributed by atoms with Crippen molar-refractivity contribution in [3.8, 4) is 0 Å². The number of amides is 1. The molecule has 0 fully saturated rings. The van der Waals surface area contributed by atoms with E-state index in [0.29, 0.717) is 0 Å². The van der Waals surface area contributed by atoms with Crippen LogP contribution in [0, 0.1) is 0 Å². The first-order valence-electron chi connectivity index (χ1n) is 4.52. The fourth-order valence-corrected chi connectivity index (χ4v) is 1.60. The molecule has 0 saturated carbocycles. The van der Waals surface area contributed by atoms with Crippen molar-refractivity contribution in [1.82, 2.24) is 4.90 Å². The summed E-state index contributed by atoms with van der Waals surface area (Å²) >= 11 is 1.42. The average Bonchev–Trinajstić information content (AvgIpc) is 2.03. The van der Waals surface area contributed by atoms with Gasteiger partial charge in [0, 0.05) is 19.8 Å². The third-order valence-corrected chi connectivity index (χ3v) is 2.69. The molecular weight excluding hydrogens is 170 g/mol. The predicted molar refractivity (Wildman–Crippen MR) is 55.7 cm³/mol. The second kappa shape index (κ2) is 7.47. The summed E-state index contributed by atoms with van der Waals surface area (Å²) < 4.78 is 0. The molecule has 0 aliphatic rings. The van der Waals surface area contributed by atoms with Crippen LogP contribution in [0.3, 0.4) is 0 Å². The summed E-state index contributed by atoms with van der Waals surface area (Å²) in [7, 11) is 3.59. The van der Waals surface area contributed by atoms with E-state index >= 15 is 0 Å². The van der Waals surface area contributed by atoms with E-state index in [0.717, 1.165) is 12.2 Å². The molecule has 72 valence electrons. The Kier molecular flexibility index (Phi) is 7.36. The van der Waals surface area contributed by atoms with Crippen LogP contribution in [0.1, 0.15) is 32.6 Å². The quantitative estimate of drug-likeness (QED) is 0.620. The second-order valence-corrected chi connectivity index (χ2v) is 4.12. The van der Waals surface area contributed by atoms with Crippen LogP contribution in [0.2, 0.25) is 0 Å². The zero-order valence-corrected chi connectivity index (χ0v) is 9.12. The predicted octanol–water partition coefficient (Wildman–Crippen LogP) is 2.98. The fraction of sp³-hybridized carbons (Fsp3) is 0.889. The molecule has 2 nitrogen and oxygen atoms in total. The number of hydrogen-bond donors (Lipinski definition) is 0. The van der Waals surface area contributed by atoms with Crippen LogP contribution in [0.15, 0.2) is 0 Å². The van der Waals surface area contributed by atoms with Gasteiger partial charge in [-0.2, -0.15) is 0 Å². The van der Waals surface area contributed by atoms with Crippen LogP contribution < -0.4 is 0 Å². The summed E-state index contributed by atoms with van der Waals surface area (Å²) in [6.07, 6.45) is 4.96. The lowest BCUT2D eigenvalue weighted by atomic mass is 10.2. The summed E-state index contributed by atoms with van der Waals surface area (Å²) in [6, 6.07) is 0. The monoisotopic (exact) mass is 189 g/mol. The minimum atomic E-state index is 0.173. The van der Waals surface area contributed by atoms with E-state index in [4.69, 9.17) is 0 Å². The van der Waals surface area contributed by atoms with Crippen molar-refractivity contribution in [2.75, 3.05) is 19.8 Å². The maximum Gasteiger partial charge on any atom is 0.281 e. The Morgan fingerprint density at radius 3 is 2.42 bits per heavy atom. The van der Waals surface area contributed by atoms with Crippen LogP contribution in [0.25, 0.3) is 0 Å². The SMILES string of the molecule is CCCCCCSC(=O)N(C)C. The Bertz CT molecular complexity index is 126. The number of carbonyl (C=O) groups is 1. The number of carbonyl (C=O) groups excluding carboxylic acids is 1. The molecule has 0 radical (unpaired) electrons. The standard InChI is InChI=1S/C9H19NOS/c1-4-5-6-7-8-12-9(11)10(2)3/h4-8H2,1-3H3. The summed E-state index contributed by atoms with van der Waals surface area (Å²) in [4.78, 5) is 12.7. The molecule has 0 aliphatic heterocycles. The molecule has 0 aromatic rings. The van der Waals surface area contributed by atoms with Crippen LogP contribution >= 0.6 is 11.8 Å². The van der Waals surface area contributed by atoms with Gasteiger partial charge < -0.3 is 4.90 Å². The van der Waals surface area contributed by atoms with Crippen molar-refractivity contribution in [2.24, 2.45) is 0 Å². The third-order valence-electron chi connectivity index (χ3n) is 1.59. The average molecular weight is 189 g/mol. The Morgan fingerprint density at radius 1 is 1.25 bits per heavy atom. The van der Waals surface area contributed by atoms with E-state index in [1.165, 1.54) is 31.0 Å². The first kappa shape index (κ1) is 11.8. The summed E-state index contributed by atoms with van der Waals surface area (Å²) in [5, 5.41) is 0.173. The highest BCUT2D eigenvalue weighted by atomic mass is 32.2. The van der Waals surface area contributed by atoms with Crippen LogP contribution in [-0.2, 0) is 0 Å². The molecule has 0 heterocycles. The number of hydrogen-bond acceptors (Lipinski definition) is 2. The fourth-order valence-electron chi connectivity index (χ4n) is 0.817. The van der Waals surface area contributed by atoms with Crippen molar-refractivity contribution in [1.29, 1.82) is 0 Å². The topological polar surface area (TPSA) is 20.3 Å². The normalized spacial score (nSPS) is 9.92. The van der Waals surface area contributed by atoms with E-state index < -0.39 is 0 Å². The molecule has 3 heteroatoms. The van der Waals surface area contributed by atoms with E-state index in [-0.39, 0.29) is 5.24 Å². The first-order valence-corrected chi connectivity index (χ1v) is 5.51. The van der Waals surface area contributed by atoms with Gasteiger partial charge in [-0.1, -0.05) is 37.9 Å². The zero-order chi connectivity index (χ0) is 9.40. The van der Waals surface area contributed by atoms with E-state index in [1.807, 2.05) is 0 Å². The minimum absolute atomic E-state index is 0.173. The highest BCUT2D eigenvalue weighted by Crippen LogP contribution is 2.10. The van der Waals surface area contributed by atoms with Gasteiger partial charge in [-0.25, -0.2) is 0 Å². The maximum absolute atomic E-state index is 11.1. The Hall–Kier alpha value is -0.180. The third kappa shape index (κ3) is 6.53. The molecular formula is C9H19NOS. The van der Waals surface area contributed by atoms with Crippen molar-refractivity contribution in [3.05, 3.63) is 0 Å². The molecule has 0 aromatic heterocycles. The Morgan fingerprint density at radius 2 is 1.92 bits per heavy atom. The molecule has 0 aromatic carbocycles. The Balaban J connectivity index is 3.14. The number of nitrogens with zero attached hydrogens (tertiary/aromatic N) is 1. The van der Waals surface area contributed by atoms with E-state index in [9.17, 15) is 4.79 Å². The van der Waals surface area contributed by atoms with Crippen molar-refractivity contribution >= 4 is 17.0 Å². The lowest BCUT2D eigenvalue weighted by Crippen LogP contribution is -2.16. The highest BCUT2D eigenvalue weighted by molar-refractivity contribution is 8.13. The van der Waals surface area contributed by atoms with Gasteiger partial charge in [0.05, 0.1) is 0 Å². The van der Waals surface area contributed by atoms with Gasteiger partial charge in [0.25, 0.3) is 5.24 Å². The highest BCUT2D eigenvalue weighted by Gasteiger charge is 2.02. The van der Waals surface area contributed by atoms with Gasteiger partial charge in [-0.05, 0) is 6.42 Å². The Labute approximate surface area is 79.7 Å². The lowest BCUT2D eigenvalue weighted by Gasteiger charge is -2.08. The van der Waals surface area contributed by atoms with Crippen LogP contribution in [0.4, 0.5) is 4.79 Å². The molecule has 0 rings (SSSR count). The first-order chi connectivity index (χ1) is 5.68. The van der Waals surface area contributed by atoms with Crippen molar-refractivity contribution in [3.63, 3.8) is 0 Å². The minimum Gasteiger partial charge on any atom is -0.340 e. The van der Waals surface area contributed by atoms with Gasteiger partial charge >= 0.3 is 0 Å². The van der Waals surface area contributed by atoms with Crippen LogP contribution in [-0.4, -0.2) is 30.0 Å². The lowest BCUT2D eigenvalue weighted by molar-refractivity contribution is 0.241. The van der Waals surface area contributed by atoms with E-state index in [1.54, 1.807) is 19.0 Å². The van der Waals surface area contributed by atoms with Crippen molar-refractivity contribution < 1.29 is 4.79 Å². The molecule has 12 heavy (non-hydrogen) atoms. The summed E-state index contributed by atoms with van der Waals surface area (Å²) in [6.45, 7) is 2.19. The summed E-state index contributed by atoms with van der Waals surface area (Å²) in [5.74, 6) is 0.969. The van der Waals surface area contributed by atoms with Gasteiger partial charge in [0.2, 0.25) is 0 Å². The molecule has 0 unspecified atom stereocenters. The molecule has 0 atom stereocenters. The maximum atomic E-state index is 11.1. The van der Waals surface area contributed by atoms with Gasteiger partial charge in [0.15, 0.2) is 0 Å². The molecule has 1 amide bonds.